The summed E-state index contributed by atoms with van der Waals surface area (Å²) in [5, 5.41) is 0. The monoisotopic (exact) mass is 252 g/mol. The number of hydrogen-bond acceptors (Lipinski definition) is 2. The molecule has 2 N–H and O–H groups in total. The summed E-state index contributed by atoms with van der Waals surface area (Å²) >= 11 is 0. The van der Waals surface area contributed by atoms with Gasteiger partial charge in [-0.25, -0.2) is 4.39 Å². The Bertz CT molecular complexity index is 377. The quantitative estimate of drug-likeness (QED) is 0.836. The minimum absolute atomic E-state index is 0.204. The maximum Gasteiger partial charge on any atom is 0.130 e. The van der Waals surface area contributed by atoms with Gasteiger partial charge in [-0.05, 0) is 31.9 Å². The third kappa shape index (κ3) is 3.45. The number of anilines is 1. The van der Waals surface area contributed by atoms with Gasteiger partial charge in [0.15, 0.2) is 0 Å². The van der Waals surface area contributed by atoms with Crippen LogP contribution in [0.4, 0.5) is 10.1 Å². The van der Waals surface area contributed by atoms with E-state index in [4.69, 9.17) is 5.73 Å². The highest BCUT2D eigenvalue weighted by Gasteiger charge is 2.17. The zero-order chi connectivity index (χ0) is 13.7. The molecule has 0 heterocycles. The number of benzene rings is 1. The molecule has 2 nitrogen and oxygen atoms in total. The lowest BCUT2D eigenvalue weighted by molar-refractivity contribution is 0.542. The van der Waals surface area contributed by atoms with Gasteiger partial charge in [0.05, 0.1) is 0 Å². The molecule has 0 spiro atoms. The van der Waals surface area contributed by atoms with Crippen LogP contribution < -0.4 is 10.6 Å². The van der Waals surface area contributed by atoms with Crippen molar-refractivity contribution in [3.63, 3.8) is 0 Å². The van der Waals surface area contributed by atoms with Crippen LogP contribution in [0, 0.1) is 11.7 Å². The lowest BCUT2D eigenvalue weighted by Gasteiger charge is -2.29. The molecule has 0 fully saturated rings. The predicted molar refractivity (Wildman–Crippen MR) is 76.3 cm³/mol. The molecule has 0 aliphatic carbocycles. The molecular weight excluding hydrogens is 227 g/mol. The van der Waals surface area contributed by atoms with E-state index in [0.29, 0.717) is 11.5 Å². The van der Waals surface area contributed by atoms with Gasteiger partial charge in [-0.2, -0.15) is 0 Å². The fraction of sp³-hybridized carbons (Fsp3) is 0.600. The molecule has 0 aromatic heterocycles. The SMILES string of the molecule is CCC(C)CN(CC)c1cccc(F)c1[C@@H](C)N. The van der Waals surface area contributed by atoms with E-state index in [1.54, 1.807) is 6.07 Å². The summed E-state index contributed by atoms with van der Waals surface area (Å²) in [5.74, 6) is 0.388. The average Bonchev–Trinajstić information content (AvgIpc) is 2.34. The Labute approximate surface area is 110 Å². The topological polar surface area (TPSA) is 29.3 Å². The van der Waals surface area contributed by atoms with E-state index in [2.05, 4.69) is 25.7 Å². The van der Waals surface area contributed by atoms with Crippen molar-refractivity contribution < 1.29 is 4.39 Å². The largest absolute Gasteiger partial charge is 0.371 e. The highest BCUT2D eigenvalue weighted by Crippen LogP contribution is 2.28. The first-order chi connectivity index (χ1) is 8.51. The van der Waals surface area contributed by atoms with Crippen molar-refractivity contribution in [3.8, 4) is 0 Å². The second-order valence-electron chi connectivity index (χ2n) is 5.01. The molecule has 0 aliphatic heterocycles. The fourth-order valence-electron chi connectivity index (χ4n) is 2.16. The van der Waals surface area contributed by atoms with Crippen molar-refractivity contribution in [3.05, 3.63) is 29.6 Å². The average molecular weight is 252 g/mol. The predicted octanol–water partition coefficient (Wildman–Crippen LogP) is 3.72. The maximum absolute atomic E-state index is 13.9. The van der Waals surface area contributed by atoms with Crippen molar-refractivity contribution in [2.24, 2.45) is 11.7 Å². The van der Waals surface area contributed by atoms with Crippen molar-refractivity contribution in [2.45, 2.75) is 40.2 Å². The van der Waals surface area contributed by atoms with Gasteiger partial charge in [-0.3, -0.25) is 0 Å². The number of rotatable bonds is 6. The van der Waals surface area contributed by atoms with E-state index in [1.807, 2.05) is 13.0 Å². The number of hydrogen-bond donors (Lipinski definition) is 1. The van der Waals surface area contributed by atoms with Crippen LogP contribution in [0.1, 0.15) is 45.7 Å². The Hall–Kier alpha value is -1.09. The second-order valence-corrected chi connectivity index (χ2v) is 5.01. The minimum atomic E-state index is -0.285. The third-order valence-corrected chi connectivity index (χ3v) is 3.44. The molecule has 3 heteroatoms. The van der Waals surface area contributed by atoms with Gasteiger partial charge < -0.3 is 10.6 Å². The zero-order valence-electron chi connectivity index (χ0n) is 11.9. The summed E-state index contributed by atoms with van der Waals surface area (Å²) < 4.78 is 13.9. The fourth-order valence-corrected chi connectivity index (χ4v) is 2.16. The molecule has 0 bridgehead atoms. The zero-order valence-corrected chi connectivity index (χ0v) is 11.9. The molecule has 1 aromatic carbocycles. The molecular formula is C15H25FN2. The maximum atomic E-state index is 13.9. The van der Waals surface area contributed by atoms with Crippen LogP contribution in [-0.4, -0.2) is 13.1 Å². The molecule has 2 atom stereocenters. The summed E-state index contributed by atoms with van der Waals surface area (Å²) in [6.07, 6.45) is 1.12. The first-order valence-electron chi connectivity index (χ1n) is 6.80. The Morgan fingerprint density at radius 3 is 2.44 bits per heavy atom. The molecule has 18 heavy (non-hydrogen) atoms. The molecule has 0 saturated heterocycles. The van der Waals surface area contributed by atoms with Crippen molar-refractivity contribution in [1.82, 2.24) is 0 Å². The van der Waals surface area contributed by atoms with Crippen LogP contribution in [0.15, 0.2) is 18.2 Å². The number of nitrogens with two attached hydrogens (primary N) is 1. The summed E-state index contributed by atoms with van der Waals surface area (Å²) in [6, 6.07) is 4.93. The molecule has 1 rings (SSSR count). The summed E-state index contributed by atoms with van der Waals surface area (Å²) in [7, 11) is 0. The first kappa shape index (κ1) is 15.0. The van der Waals surface area contributed by atoms with Gasteiger partial charge in [0.1, 0.15) is 5.82 Å². The van der Waals surface area contributed by atoms with E-state index in [0.717, 1.165) is 25.2 Å². The van der Waals surface area contributed by atoms with Crippen LogP contribution in [0.5, 0.6) is 0 Å². The Kier molecular flexibility index (Phi) is 5.60. The van der Waals surface area contributed by atoms with Gasteiger partial charge in [0.2, 0.25) is 0 Å². The van der Waals surface area contributed by atoms with E-state index < -0.39 is 0 Å². The Balaban J connectivity index is 3.09. The molecule has 1 aromatic rings. The summed E-state index contributed by atoms with van der Waals surface area (Å²) in [4.78, 5) is 2.22. The lowest BCUT2D eigenvalue weighted by atomic mass is 10.0. The first-order valence-corrected chi connectivity index (χ1v) is 6.80. The van der Waals surface area contributed by atoms with Gasteiger partial charge in [-0.1, -0.05) is 26.3 Å². The minimum Gasteiger partial charge on any atom is -0.371 e. The standard InChI is InChI=1S/C15H25FN2/c1-5-11(3)10-18(6-2)14-9-7-8-13(16)15(14)12(4)17/h7-9,11-12H,5-6,10,17H2,1-4H3/t11?,12-/m1/s1. The molecule has 0 saturated carbocycles. The van der Waals surface area contributed by atoms with Crippen LogP contribution in [-0.2, 0) is 0 Å². The number of halogens is 1. The number of nitrogens with zero attached hydrogens (tertiary/aromatic N) is 1. The van der Waals surface area contributed by atoms with E-state index >= 15 is 0 Å². The van der Waals surface area contributed by atoms with Crippen molar-refractivity contribution in [2.75, 3.05) is 18.0 Å². The van der Waals surface area contributed by atoms with Gasteiger partial charge in [0, 0.05) is 30.4 Å². The molecule has 0 aliphatic rings. The van der Waals surface area contributed by atoms with Crippen LogP contribution >= 0.6 is 0 Å². The van der Waals surface area contributed by atoms with Crippen LogP contribution in [0.3, 0.4) is 0 Å². The lowest BCUT2D eigenvalue weighted by Crippen LogP contribution is -2.30. The summed E-state index contributed by atoms with van der Waals surface area (Å²) in [5.41, 5.74) is 7.47. The van der Waals surface area contributed by atoms with E-state index in [1.165, 1.54) is 6.07 Å². The Morgan fingerprint density at radius 1 is 1.28 bits per heavy atom. The summed E-state index contributed by atoms with van der Waals surface area (Å²) in [6.45, 7) is 10.1. The Morgan fingerprint density at radius 2 is 1.94 bits per heavy atom. The highest BCUT2D eigenvalue weighted by atomic mass is 19.1. The van der Waals surface area contributed by atoms with Gasteiger partial charge >= 0.3 is 0 Å². The van der Waals surface area contributed by atoms with Gasteiger partial charge in [0.25, 0.3) is 0 Å². The molecule has 1 unspecified atom stereocenters. The second kappa shape index (κ2) is 6.74. The highest BCUT2D eigenvalue weighted by molar-refractivity contribution is 5.55. The van der Waals surface area contributed by atoms with Gasteiger partial charge in [-0.15, -0.1) is 0 Å². The van der Waals surface area contributed by atoms with E-state index in [-0.39, 0.29) is 11.9 Å². The third-order valence-electron chi connectivity index (χ3n) is 3.44. The molecule has 0 radical (unpaired) electrons. The van der Waals surface area contributed by atoms with Crippen LogP contribution in [0.25, 0.3) is 0 Å². The molecule has 0 amide bonds. The van der Waals surface area contributed by atoms with Crippen LogP contribution in [0.2, 0.25) is 0 Å². The van der Waals surface area contributed by atoms with Crippen molar-refractivity contribution in [1.29, 1.82) is 0 Å². The molecule has 102 valence electrons. The van der Waals surface area contributed by atoms with Crippen molar-refractivity contribution >= 4 is 5.69 Å². The smallest absolute Gasteiger partial charge is 0.130 e. The van der Waals surface area contributed by atoms with E-state index in [9.17, 15) is 4.39 Å². The normalized spacial score (nSPS) is 14.3.